The molecule has 0 saturated carbocycles. The van der Waals surface area contributed by atoms with Gasteiger partial charge in [0, 0.05) is 0 Å². The fraction of sp³-hybridized carbons (Fsp3) is 0.615. The molecule has 0 aromatic rings. The number of carbonyl (C=O) groups is 3. The van der Waals surface area contributed by atoms with Gasteiger partial charge in [0.2, 0.25) is 0 Å². The second-order valence-corrected chi connectivity index (χ2v) is 4.73. The van der Waals surface area contributed by atoms with Gasteiger partial charge in [-0.2, -0.15) is 0 Å². The Morgan fingerprint density at radius 3 is 2.53 bits per heavy atom. The maximum atomic E-state index is 11.9. The van der Waals surface area contributed by atoms with Crippen LogP contribution in [0.4, 0.5) is 0 Å². The lowest BCUT2D eigenvalue weighted by Gasteiger charge is -2.15. The normalized spacial score (nSPS) is 18.2. The molecule has 0 amide bonds. The molecule has 0 aromatic carbocycles. The molecule has 1 aliphatic rings. The fourth-order valence-electron chi connectivity index (χ4n) is 1.82. The van der Waals surface area contributed by atoms with Gasteiger partial charge in [0.15, 0.2) is 5.78 Å². The second-order valence-electron chi connectivity index (χ2n) is 4.73. The molecule has 6 nitrogen and oxygen atoms in total. The molecule has 106 valence electrons. The molecule has 0 fully saturated rings. The van der Waals surface area contributed by atoms with Gasteiger partial charge >= 0.3 is 11.9 Å². The van der Waals surface area contributed by atoms with Gasteiger partial charge < -0.3 is 16.2 Å². The molecule has 0 unspecified atom stereocenters. The van der Waals surface area contributed by atoms with Crippen molar-refractivity contribution in [2.45, 2.75) is 51.1 Å². The third kappa shape index (κ3) is 4.92. The van der Waals surface area contributed by atoms with Gasteiger partial charge in [0.25, 0.3) is 0 Å². The van der Waals surface area contributed by atoms with E-state index in [1.54, 1.807) is 0 Å². The fourth-order valence-corrected chi connectivity index (χ4v) is 1.82. The van der Waals surface area contributed by atoms with E-state index < -0.39 is 24.0 Å². The minimum atomic E-state index is -0.960. The molecule has 0 aliphatic heterocycles. The van der Waals surface area contributed by atoms with E-state index in [0.29, 0.717) is 12.0 Å². The number of hydrogen-bond donors (Lipinski definition) is 2. The summed E-state index contributed by atoms with van der Waals surface area (Å²) in [7, 11) is 0. The van der Waals surface area contributed by atoms with Gasteiger partial charge in [-0.05, 0) is 38.2 Å². The summed E-state index contributed by atoms with van der Waals surface area (Å²) in [5, 5.41) is 0. The van der Waals surface area contributed by atoms with Crippen molar-refractivity contribution in [2.24, 2.45) is 11.5 Å². The van der Waals surface area contributed by atoms with Gasteiger partial charge in [-0.15, -0.1) is 0 Å². The standard InChI is InChI=1S/C13H20N2O4/c1-8(14)13(18)19-11(16)7-10(15)12(17)9-5-3-2-4-6-9/h5,8,10H,2-4,6-7,14-15H2,1H3/t8-,10-/m0/s1. The quantitative estimate of drug-likeness (QED) is 0.543. The summed E-state index contributed by atoms with van der Waals surface area (Å²) >= 11 is 0. The lowest BCUT2D eigenvalue weighted by atomic mass is 9.92. The molecule has 19 heavy (non-hydrogen) atoms. The number of ether oxygens (including phenoxy) is 1. The lowest BCUT2D eigenvalue weighted by Crippen LogP contribution is -2.37. The smallest absolute Gasteiger partial charge is 0.330 e. The van der Waals surface area contributed by atoms with Crippen LogP contribution >= 0.6 is 0 Å². The van der Waals surface area contributed by atoms with Crippen molar-refractivity contribution in [3.8, 4) is 0 Å². The summed E-state index contributed by atoms with van der Waals surface area (Å²) in [4.78, 5) is 34.4. The van der Waals surface area contributed by atoms with E-state index in [9.17, 15) is 14.4 Å². The summed E-state index contributed by atoms with van der Waals surface area (Å²) in [6, 6.07) is -1.84. The maximum Gasteiger partial charge on any atom is 0.330 e. The third-order valence-corrected chi connectivity index (χ3v) is 2.92. The summed E-state index contributed by atoms with van der Waals surface area (Å²) in [6.45, 7) is 1.41. The molecule has 0 radical (unpaired) electrons. The van der Waals surface area contributed by atoms with Gasteiger partial charge in [-0.25, -0.2) is 4.79 Å². The number of rotatable bonds is 5. The predicted molar refractivity (Wildman–Crippen MR) is 68.9 cm³/mol. The van der Waals surface area contributed by atoms with E-state index in [0.717, 1.165) is 19.3 Å². The van der Waals surface area contributed by atoms with Gasteiger partial charge in [-0.3, -0.25) is 9.59 Å². The highest BCUT2D eigenvalue weighted by molar-refractivity contribution is 6.01. The van der Waals surface area contributed by atoms with Crippen molar-refractivity contribution in [2.75, 3.05) is 0 Å². The number of esters is 2. The number of hydrogen-bond acceptors (Lipinski definition) is 6. The monoisotopic (exact) mass is 268 g/mol. The molecule has 0 aromatic heterocycles. The zero-order chi connectivity index (χ0) is 14.4. The van der Waals surface area contributed by atoms with Gasteiger partial charge in [-0.1, -0.05) is 6.08 Å². The molecular weight excluding hydrogens is 248 g/mol. The van der Waals surface area contributed by atoms with Gasteiger partial charge in [0.1, 0.15) is 6.04 Å². The molecule has 4 N–H and O–H groups in total. The van der Waals surface area contributed by atoms with Crippen LogP contribution in [0.2, 0.25) is 0 Å². The van der Waals surface area contributed by atoms with Crippen LogP contribution in [-0.2, 0) is 19.1 Å². The van der Waals surface area contributed by atoms with Crippen molar-refractivity contribution in [1.29, 1.82) is 0 Å². The molecule has 1 rings (SSSR count). The zero-order valence-electron chi connectivity index (χ0n) is 11.1. The first-order chi connectivity index (χ1) is 8.91. The largest absolute Gasteiger partial charge is 0.392 e. The van der Waals surface area contributed by atoms with E-state index in [1.165, 1.54) is 6.92 Å². The first-order valence-corrected chi connectivity index (χ1v) is 6.40. The highest BCUT2D eigenvalue weighted by Crippen LogP contribution is 2.19. The van der Waals surface area contributed by atoms with E-state index in [-0.39, 0.29) is 12.2 Å². The van der Waals surface area contributed by atoms with Crippen molar-refractivity contribution in [3.05, 3.63) is 11.6 Å². The summed E-state index contributed by atoms with van der Waals surface area (Å²) in [5.74, 6) is -1.88. The van der Waals surface area contributed by atoms with Gasteiger partial charge in [0.05, 0.1) is 12.5 Å². The summed E-state index contributed by atoms with van der Waals surface area (Å²) < 4.78 is 4.47. The number of nitrogens with two attached hydrogens (primary N) is 2. The first-order valence-electron chi connectivity index (χ1n) is 6.40. The average molecular weight is 268 g/mol. The number of allylic oxidation sites excluding steroid dienone is 1. The summed E-state index contributed by atoms with van der Waals surface area (Å²) in [5.41, 5.74) is 11.6. The van der Waals surface area contributed by atoms with Crippen LogP contribution in [0.25, 0.3) is 0 Å². The Bertz CT molecular complexity index is 401. The molecule has 0 saturated heterocycles. The highest BCUT2D eigenvalue weighted by atomic mass is 16.6. The van der Waals surface area contributed by atoms with Crippen LogP contribution in [0.5, 0.6) is 0 Å². The first kappa shape index (κ1) is 15.5. The Morgan fingerprint density at radius 2 is 2.00 bits per heavy atom. The van der Waals surface area contributed by atoms with Crippen molar-refractivity contribution < 1.29 is 19.1 Å². The number of Topliss-reactive ketones (excluding diaryl/α,β-unsaturated/α-hetero) is 1. The number of ketones is 1. The van der Waals surface area contributed by atoms with Crippen molar-refractivity contribution in [1.82, 2.24) is 0 Å². The Hall–Kier alpha value is -1.53. The molecule has 0 heterocycles. The van der Waals surface area contributed by atoms with E-state index >= 15 is 0 Å². The molecule has 2 atom stereocenters. The van der Waals surface area contributed by atoms with Crippen LogP contribution in [0.3, 0.4) is 0 Å². The topological polar surface area (TPSA) is 112 Å². The highest BCUT2D eigenvalue weighted by Gasteiger charge is 2.24. The van der Waals surface area contributed by atoms with Crippen LogP contribution in [0.1, 0.15) is 39.0 Å². The Morgan fingerprint density at radius 1 is 1.32 bits per heavy atom. The molecule has 0 spiro atoms. The molecule has 1 aliphatic carbocycles. The lowest BCUT2D eigenvalue weighted by molar-refractivity contribution is -0.161. The van der Waals surface area contributed by atoms with Crippen molar-refractivity contribution in [3.63, 3.8) is 0 Å². The third-order valence-electron chi connectivity index (χ3n) is 2.92. The van der Waals surface area contributed by atoms with Crippen LogP contribution in [-0.4, -0.2) is 29.8 Å². The number of carbonyl (C=O) groups excluding carboxylic acids is 3. The Labute approximate surface area is 112 Å². The van der Waals surface area contributed by atoms with Crippen molar-refractivity contribution >= 4 is 17.7 Å². The summed E-state index contributed by atoms with van der Waals surface area (Å²) in [6.07, 6.45) is 5.13. The predicted octanol–water partition coefficient (Wildman–Crippen LogP) is 0.190. The Kier molecular flexibility index (Phi) is 5.85. The average Bonchev–Trinajstić information content (AvgIpc) is 2.38. The van der Waals surface area contributed by atoms with Crippen LogP contribution in [0.15, 0.2) is 11.6 Å². The Balaban J connectivity index is 2.47. The molecular formula is C13H20N2O4. The minimum Gasteiger partial charge on any atom is -0.392 e. The zero-order valence-corrected chi connectivity index (χ0v) is 11.1. The molecule has 6 heteroatoms. The maximum absolute atomic E-state index is 11.9. The van der Waals surface area contributed by atoms with E-state index in [2.05, 4.69) is 4.74 Å². The molecule has 0 bridgehead atoms. The van der Waals surface area contributed by atoms with Crippen LogP contribution in [0, 0.1) is 0 Å². The van der Waals surface area contributed by atoms with E-state index in [1.807, 2.05) is 6.08 Å². The van der Waals surface area contributed by atoms with E-state index in [4.69, 9.17) is 11.5 Å². The van der Waals surface area contributed by atoms with Crippen LogP contribution < -0.4 is 11.5 Å². The SMILES string of the molecule is C[C@H](N)C(=O)OC(=O)C[C@H](N)C(=O)C1=CCCCC1. The second kappa shape index (κ2) is 7.16. The minimum absolute atomic E-state index is 0.245.